The third-order valence-electron chi connectivity index (χ3n) is 3.96. The van der Waals surface area contributed by atoms with Crippen LogP contribution in [0.5, 0.6) is 0 Å². The zero-order chi connectivity index (χ0) is 11.7. The maximum Gasteiger partial charge on any atom is 0.00446 e. The molecule has 17 heavy (non-hydrogen) atoms. The smallest absolute Gasteiger partial charge is 0.00446 e. The van der Waals surface area contributed by atoms with Crippen molar-refractivity contribution in [2.24, 2.45) is 5.73 Å². The molecule has 2 aromatic carbocycles. The fourth-order valence-electron chi connectivity index (χ4n) is 2.99. The van der Waals surface area contributed by atoms with Crippen molar-refractivity contribution in [3.05, 3.63) is 48.0 Å². The lowest BCUT2D eigenvalue weighted by Gasteiger charge is -2.27. The van der Waals surface area contributed by atoms with Crippen LogP contribution in [0.25, 0.3) is 10.8 Å². The Morgan fingerprint density at radius 3 is 2.59 bits per heavy atom. The third-order valence-corrected chi connectivity index (χ3v) is 3.96. The van der Waals surface area contributed by atoms with Gasteiger partial charge in [-0.15, -0.1) is 0 Å². The Morgan fingerprint density at radius 1 is 0.941 bits per heavy atom. The van der Waals surface area contributed by atoms with E-state index < -0.39 is 0 Å². The normalized spacial score (nSPS) is 25.0. The first kappa shape index (κ1) is 10.8. The van der Waals surface area contributed by atoms with Gasteiger partial charge in [0.25, 0.3) is 0 Å². The molecule has 0 aliphatic heterocycles. The monoisotopic (exact) mass is 225 g/mol. The molecule has 0 saturated heterocycles. The summed E-state index contributed by atoms with van der Waals surface area (Å²) in [5.74, 6) is 0.670. The van der Waals surface area contributed by atoms with Crippen molar-refractivity contribution in [2.75, 3.05) is 0 Å². The zero-order valence-corrected chi connectivity index (χ0v) is 10.1. The second-order valence-corrected chi connectivity index (χ2v) is 5.23. The number of rotatable bonds is 1. The van der Waals surface area contributed by atoms with Gasteiger partial charge in [-0.2, -0.15) is 0 Å². The molecule has 88 valence electrons. The molecular weight excluding hydrogens is 206 g/mol. The summed E-state index contributed by atoms with van der Waals surface area (Å²) in [4.78, 5) is 0. The van der Waals surface area contributed by atoms with E-state index in [9.17, 15) is 0 Å². The maximum absolute atomic E-state index is 6.08. The highest BCUT2D eigenvalue weighted by Crippen LogP contribution is 2.33. The third kappa shape index (κ3) is 2.20. The predicted octanol–water partition coefficient (Wildman–Crippen LogP) is 3.82. The maximum atomic E-state index is 6.08. The van der Waals surface area contributed by atoms with Crippen LogP contribution in [-0.4, -0.2) is 6.04 Å². The first-order valence-corrected chi connectivity index (χ1v) is 6.57. The van der Waals surface area contributed by atoms with Crippen LogP contribution in [0.1, 0.15) is 37.2 Å². The molecule has 0 amide bonds. The minimum absolute atomic E-state index is 0.403. The van der Waals surface area contributed by atoms with Crippen molar-refractivity contribution in [3.63, 3.8) is 0 Å². The van der Waals surface area contributed by atoms with Gasteiger partial charge >= 0.3 is 0 Å². The lowest BCUT2D eigenvalue weighted by Crippen LogP contribution is -2.26. The second-order valence-electron chi connectivity index (χ2n) is 5.23. The van der Waals surface area contributed by atoms with Crippen LogP contribution in [-0.2, 0) is 0 Å². The minimum Gasteiger partial charge on any atom is -0.328 e. The van der Waals surface area contributed by atoms with Gasteiger partial charge in [-0.3, -0.25) is 0 Å². The average Bonchev–Trinajstić information content (AvgIpc) is 2.38. The molecule has 0 bridgehead atoms. The Hall–Kier alpha value is -1.34. The number of benzene rings is 2. The molecule has 1 aliphatic rings. The number of nitrogens with two attached hydrogens (primary N) is 1. The Balaban J connectivity index is 1.94. The summed E-state index contributed by atoms with van der Waals surface area (Å²) in [7, 11) is 0. The Bertz CT molecular complexity index is 518. The Morgan fingerprint density at radius 2 is 1.76 bits per heavy atom. The number of fused-ring (bicyclic) bond motifs is 1. The molecule has 1 nitrogen and oxygen atoms in total. The van der Waals surface area contributed by atoms with Crippen LogP contribution in [0.3, 0.4) is 0 Å². The van der Waals surface area contributed by atoms with Crippen molar-refractivity contribution < 1.29 is 0 Å². The Kier molecular flexibility index (Phi) is 2.86. The molecule has 0 radical (unpaired) electrons. The molecule has 2 N–H and O–H groups in total. The quantitative estimate of drug-likeness (QED) is 0.784. The molecule has 1 aliphatic carbocycles. The summed E-state index contributed by atoms with van der Waals surface area (Å²) < 4.78 is 0. The minimum atomic E-state index is 0.403. The molecule has 1 fully saturated rings. The molecule has 1 heteroatoms. The summed E-state index contributed by atoms with van der Waals surface area (Å²) in [5, 5.41) is 2.68. The highest BCUT2D eigenvalue weighted by Gasteiger charge is 2.20. The first-order valence-electron chi connectivity index (χ1n) is 6.57. The van der Waals surface area contributed by atoms with Crippen molar-refractivity contribution in [3.8, 4) is 0 Å². The molecule has 2 atom stereocenters. The highest BCUT2D eigenvalue weighted by molar-refractivity contribution is 5.83. The molecule has 0 spiro atoms. The van der Waals surface area contributed by atoms with Gasteiger partial charge in [-0.1, -0.05) is 48.9 Å². The van der Waals surface area contributed by atoms with Crippen LogP contribution in [0.4, 0.5) is 0 Å². The van der Waals surface area contributed by atoms with Crippen molar-refractivity contribution in [1.29, 1.82) is 0 Å². The summed E-state index contributed by atoms with van der Waals surface area (Å²) in [5.41, 5.74) is 7.55. The molecular formula is C16H19N. The average molecular weight is 225 g/mol. The lowest BCUT2D eigenvalue weighted by atomic mass is 9.81. The second kappa shape index (κ2) is 4.50. The standard InChI is InChI=1S/C16H19N/c17-16-7-3-6-14(11-16)15-9-8-12-4-1-2-5-13(12)10-15/h1-2,4-5,8-10,14,16H,3,6-7,11,17H2. The molecule has 0 heterocycles. The molecule has 2 aromatic rings. The Labute approximate surface area is 103 Å². The number of hydrogen-bond acceptors (Lipinski definition) is 1. The van der Waals surface area contributed by atoms with Crippen LogP contribution in [0.2, 0.25) is 0 Å². The summed E-state index contributed by atoms with van der Waals surface area (Å²) >= 11 is 0. The van der Waals surface area contributed by atoms with E-state index in [1.54, 1.807) is 0 Å². The van der Waals surface area contributed by atoms with Gasteiger partial charge in [0.1, 0.15) is 0 Å². The largest absolute Gasteiger partial charge is 0.328 e. The SMILES string of the molecule is NC1CCCC(c2ccc3ccccc3c2)C1. The van der Waals surface area contributed by atoms with Gasteiger partial charge in [-0.25, -0.2) is 0 Å². The summed E-state index contributed by atoms with van der Waals surface area (Å²) in [6.45, 7) is 0. The van der Waals surface area contributed by atoms with Crippen molar-refractivity contribution in [1.82, 2.24) is 0 Å². The zero-order valence-electron chi connectivity index (χ0n) is 10.1. The fourth-order valence-corrected chi connectivity index (χ4v) is 2.99. The van der Waals surface area contributed by atoms with Crippen LogP contribution in [0.15, 0.2) is 42.5 Å². The van der Waals surface area contributed by atoms with E-state index in [1.165, 1.54) is 35.6 Å². The van der Waals surface area contributed by atoms with Crippen molar-refractivity contribution in [2.45, 2.75) is 37.6 Å². The van der Waals surface area contributed by atoms with E-state index in [4.69, 9.17) is 5.73 Å². The number of hydrogen-bond donors (Lipinski definition) is 1. The van der Waals surface area contributed by atoms with Crippen molar-refractivity contribution >= 4 is 10.8 Å². The van der Waals surface area contributed by atoms with E-state index in [0.717, 1.165) is 6.42 Å². The van der Waals surface area contributed by atoms with Crippen LogP contribution >= 0.6 is 0 Å². The van der Waals surface area contributed by atoms with E-state index in [0.29, 0.717) is 12.0 Å². The molecule has 2 unspecified atom stereocenters. The van der Waals surface area contributed by atoms with Gasteiger partial charge < -0.3 is 5.73 Å². The molecule has 3 rings (SSSR count). The molecule has 1 saturated carbocycles. The first-order chi connectivity index (χ1) is 8.33. The van der Waals surface area contributed by atoms with Gasteiger partial charge in [0.15, 0.2) is 0 Å². The topological polar surface area (TPSA) is 26.0 Å². The lowest BCUT2D eigenvalue weighted by molar-refractivity contribution is 0.393. The van der Waals surface area contributed by atoms with Crippen LogP contribution < -0.4 is 5.73 Å². The van der Waals surface area contributed by atoms with Gasteiger partial charge in [0, 0.05) is 6.04 Å². The van der Waals surface area contributed by atoms with Gasteiger partial charge in [-0.05, 0) is 41.5 Å². The van der Waals surface area contributed by atoms with Crippen LogP contribution in [0, 0.1) is 0 Å². The summed E-state index contributed by atoms with van der Waals surface area (Å²) in [6.07, 6.45) is 4.92. The highest BCUT2D eigenvalue weighted by atomic mass is 14.6. The van der Waals surface area contributed by atoms with E-state index in [2.05, 4.69) is 42.5 Å². The van der Waals surface area contributed by atoms with E-state index >= 15 is 0 Å². The van der Waals surface area contributed by atoms with E-state index in [-0.39, 0.29) is 0 Å². The van der Waals surface area contributed by atoms with Gasteiger partial charge in [0.2, 0.25) is 0 Å². The van der Waals surface area contributed by atoms with E-state index in [1.807, 2.05) is 0 Å². The predicted molar refractivity (Wildman–Crippen MR) is 73.1 cm³/mol. The summed E-state index contributed by atoms with van der Waals surface area (Å²) in [6, 6.07) is 15.8. The van der Waals surface area contributed by atoms with Gasteiger partial charge in [0.05, 0.1) is 0 Å². The fraction of sp³-hybridized carbons (Fsp3) is 0.375. The molecule has 0 aromatic heterocycles.